The Bertz CT molecular complexity index is 1030. The first-order valence-electron chi connectivity index (χ1n) is 9.05. The highest BCUT2D eigenvalue weighted by atomic mass is 19.1. The van der Waals surface area contributed by atoms with Crippen molar-refractivity contribution in [2.75, 3.05) is 13.3 Å². The van der Waals surface area contributed by atoms with Gasteiger partial charge in [0.05, 0.1) is 17.1 Å². The zero-order valence-electron chi connectivity index (χ0n) is 14.6. The number of aromatic amines is 1. The number of carbonyl (C=O) groups is 1. The molecule has 1 atom stereocenters. The van der Waals surface area contributed by atoms with Crippen LogP contribution >= 0.6 is 0 Å². The summed E-state index contributed by atoms with van der Waals surface area (Å²) in [7, 11) is 0. The molecule has 1 N–H and O–H groups in total. The summed E-state index contributed by atoms with van der Waals surface area (Å²) >= 11 is 0. The van der Waals surface area contributed by atoms with Gasteiger partial charge in [0, 0.05) is 12.1 Å². The first kappa shape index (κ1) is 16.1. The average molecular weight is 367 g/mol. The number of hydrogen-bond donors (Lipinski definition) is 1. The molecule has 0 unspecified atom stereocenters. The normalized spacial score (nSPS) is 18.9. The van der Waals surface area contributed by atoms with Crippen molar-refractivity contribution in [3.8, 4) is 11.5 Å². The highest BCUT2D eigenvalue weighted by Gasteiger charge is 2.31. The lowest BCUT2D eigenvalue weighted by Crippen LogP contribution is -2.39. The molecule has 5 rings (SSSR count). The summed E-state index contributed by atoms with van der Waals surface area (Å²) in [6.45, 7) is 0.832. The van der Waals surface area contributed by atoms with Crippen LogP contribution in [-0.4, -0.2) is 34.1 Å². The molecule has 0 spiro atoms. The smallest absolute Gasteiger partial charge is 0.254 e. The van der Waals surface area contributed by atoms with Crippen LogP contribution in [0.25, 0.3) is 11.0 Å². The highest BCUT2D eigenvalue weighted by Crippen LogP contribution is 2.35. The fraction of sp³-hybridized carbons (Fsp3) is 0.300. The van der Waals surface area contributed by atoms with Crippen LogP contribution in [0.5, 0.6) is 11.5 Å². The number of fused-ring (bicyclic) bond motifs is 2. The van der Waals surface area contributed by atoms with E-state index in [1.165, 1.54) is 12.1 Å². The second kappa shape index (κ2) is 6.26. The standard InChI is InChI=1S/C20H18FN3O3/c21-13-5-6-14-15(10-13)23-19(22-14)16-3-1-2-8-24(16)20(25)12-4-7-17-18(9-12)27-11-26-17/h4-7,9-10,16H,1-3,8,11H2,(H,22,23)/t16-/m1/s1. The van der Waals surface area contributed by atoms with Crippen LogP contribution in [0.4, 0.5) is 4.39 Å². The van der Waals surface area contributed by atoms with Crippen LogP contribution in [0, 0.1) is 5.82 Å². The van der Waals surface area contributed by atoms with Gasteiger partial charge in [-0.15, -0.1) is 0 Å². The fourth-order valence-corrected chi connectivity index (χ4v) is 3.81. The molecule has 0 saturated carbocycles. The predicted octanol–water partition coefficient (Wildman–Crippen LogP) is 3.80. The van der Waals surface area contributed by atoms with Crippen LogP contribution < -0.4 is 9.47 Å². The minimum atomic E-state index is -0.311. The molecule has 1 saturated heterocycles. The molecular formula is C20H18FN3O3. The Hall–Kier alpha value is -3.09. The topological polar surface area (TPSA) is 67.5 Å². The number of piperidine rings is 1. The van der Waals surface area contributed by atoms with Crippen LogP contribution in [0.2, 0.25) is 0 Å². The molecule has 0 radical (unpaired) electrons. The third kappa shape index (κ3) is 2.79. The molecular weight excluding hydrogens is 349 g/mol. The molecule has 1 aromatic heterocycles. The molecule has 3 aromatic rings. The predicted molar refractivity (Wildman–Crippen MR) is 96.2 cm³/mol. The van der Waals surface area contributed by atoms with Crippen molar-refractivity contribution in [2.45, 2.75) is 25.3 Å². The largest absolute Gasteiger partial charge is 0.454 e. The van der Waals surface area contributed by atoms with Gasteiger partial charge in [-0.05, 0) is 55.7 Å². The molecule has 2 aliphatic rings. The molecule has 2 aliphatic heterocycles. The van der Waals surface area contributed by atoms with Crippen molar-refractivity contribution in [1.82, 2.24) is 14.9 Å². The summed E-state index contributed by atoms with van der Waals surface area (Å²) in [5.74, 6) is 1.57. The summed E-state index contributed by atoms with van der Waals surface area (Å²) in [5, 5.41) is 0. The number of imidazole rings is 1. The van der Waals surface area contributed by atoms with Crippen molar-refractivity contribution in [1.29, 1.82) is 0 Å². The van der Waals surface area contributed by atoms with E-state index in [0.717, 1.165) is 19.3 Å². The number of carbonyl (C=O) groups excluding carboxylic acids is 1. The Morgan fingerprint density at radius 2 is 2.04 bits per heavy atom. The summed E-state index contributed by atoms with van der Waals surface area (Å²) in [4.78, 5) is 22.8. The molecule has 138 valence electrons. The fourth-order valence-electron chi connectivity index (χ4n) is 3.81. The summed E-state index contributed by atoms with van der Waals surface area (Å²) in [5.41, 5.74) is 1.91. The third-order valence-corrected chi connectivity index (χ3v) is 5.16. The van der Waals surface area contributed by atoms with Crippen LogP contribution in [0.15, 0.2) is 36.4 Å². The summed E-state index contributed by atoms with van der Waals surface area (Å²) < 4.78 is 24.2. The lowest BCUT2D eigenvalue weighted by Gasteiger charge is -2.34. The van der Waals surface area contributed by atoms with Crippen LogP contribution in [-0.2, 0) is 0 Å². The molecule has 2 aromatic carbocycles. The number of halogens is 1. The number of ether oxygens (including phenoxy) is 2. The van der Waals surface area contributed by atoms with Crippen molar-refractivity contribution >= 4 is 16.9 Å². The number of rotatable bonds is 2. The molecule has 0 aliphatic carbocycles. The maximum atomic E-state index is 13.5. The Morgan fingerprint density at radius 1 is 1.15 bits per heavy atom. The SMILES string of the molecule is O=C(c1ccc2c(c1)OCO2)N1CCCC[C@@H]1c1nc2ccc(F)cc2[nH]1. The van der Waals surface area contributed by atoms with Crippen molar-refractivity contribution < 1.29 is 18.7 Å². The van der Waals surface area contributed by atoms with E-state index in [1.807, 2.05) is 4.90 Å². The summed E-state index contributed by atoms with van der Waals surface area (Å²) in [6, 6.07) is 9.56. The van der Waals surface area contributed by atoms with Gasteiger partial charge in [0.1, 0.15) is 11.6 Å². The minimum Gasteiger partial charge on any atom is -0.454 e. The van der Waals surface area contributed by atoms with E-state index in [-0.39, 0.29) is 24.6 Å². The Morgan fingerprint density at radius 3 is 2.96 bits per heavy atom. The van der Waals surface area contributed by atoms with E-state index >= 15 is 0 Å². The number of benzene rings is 2. The number of aromatic nitrogens is 2. The zero-order valence-corrected chi connectivity index (χ0v) is 14.6. The molecule has 0 bridgehead atoms. The average Bonchev–Trinajstić information content (AvgIpc) is 3.33. The third-order valence-electron chi connectivity index (χ3n) is 5.16. The van der Waals surface area contributed by atoms with Gasteiger partial charge in [-0.3, -0.25) is 4.79 Å². The molecule has 1 fully saturated rings. The van der Waals surface area contributed by atoms with Gasteiger partial charge >= 0.3 is 0 Å². The minimum absolute atomic E-state index is 0.0652. The number of H-pyrrole nitrogens is 1. The first-order valence-corrected chi connectivity index (χ1v) is 9.05. The first-order chi connectivity index (χ1) is 13.2. The molecule has 7 heteroatoms. The lowest BCUT2D eigenvalue weighted by atomic mass is 10.00. The van der Waals surface area contributed by atoms with E-state index in [2.05, 4.69) is 9.97 Å². The van der Waals surface area contributed by atoms with Crippen molar-refractivity contribution in [3.05, 3.63) is 53.6 Å². The van der Waals surface area contributed by atoms with Crippen molar-refractivity contribution in [2.24, 2.45) is 0 Å². The van der Waals surface area contributed by atoms with E-state index in [1.54, 1.807) is 24.3 Å². The lowest BCUT2D eigenvalue weighted by molar-refractivity contribution is 0.0601. The van der Waals surface area contributed by atoms with Gasteiger partial charge in [0.15, 0.2) is 11.5 Å². The maximum Gasteiger partial charge on any atom is 0.254 e. The highest BCUT2D eigenvalue weighted by molar-refractivity contribution is 5.95. The van der Waals surface area contributed by atoms with Gasteiger partial charge in [-0.2, -0.15) is 0 Å². The van der Waals surface area contributed by atoms with E-state index in [4.69, 9.17) is 9.47 Å². The molecule has 1 amide bonds. The quantitative estimate of drug-likeness (QED) is 0.748. The number of nitrogens with zero attached hydrogens (tertiary/aromatic N) is 2. The number of amides is 1. The number of nitrogens with one attached hydrogen (secondary N) is 1. The van der Waals surface area contributed by atoms with Crippen LogP contribution in [0.3, 0.4) is 0 Å². The Balaban J connectivity index is 1.48. The molecule has 6 nitrogen and oxygen atoms in total. The molecule has 27 heavy (non-hydrogen) atoms. The second-order valence-corrected chi connectivity index (χ2v) is 6.86. The Labute approximate surface area is 154 Å². The zero-order chi connectivity index (χ0) is 18.4. The van der Waals surface area contributed by atoms with Gasteiger partial charge in [0.2, 0.25) is 6.79 Å². The van der Waals surface area contributed by atoms with Gasteiger partial charge < -0.3 is 19.4 Å². The van der Waals surface area contributed by atoms with Crippen molar-refractivity contribution in [3.63, 3.8) is 0 Å². The van der Waals surface area contributed by atoms with Crippen LogP contribution in [0.1, 0.15) is 41.5 Å². The number of hydrogen-bond acceptors (Lipinski definition) is 4. The van der Waals surface area contributed by atoms with Gasteiger partial charge in [-0.1, -0.05) is 0 Å². The summed E-state index contributed by atoms with van der Waals surface area (Å²) in [6.07, 6.45) is 2.78. The van der Waals surface area contributed by atoms with E-state index in [9.17, 15) is 9.18 Å². The monoisotopic (exact) mass is 367 g/mol. The number of likely N-dealkylation sites (tertiary alicyclic amines) is 1. The Kier molecular flexibility index (Phi) is 3.74. The molecule has 3 heterocycles. The van der Waals surface area contributed by atoms with Gasteiger partial charge in [0.25, 0.3) is 5.91 Å². The van der Waals surface area contributed by atoms with E-state index in [0.29, 0.717) is 40.5 Å². The van der Waals surface area contributed by atoms with E-state index < -0.39 is 0 Å². The van der Waals surface area contributed by atoms with Gasteiger partial charge in [-0.25, -0.2) is 9.37 Å². The maximum absolute atomic E-state index is 13.5. The second-order valence-electron chi connectivity index (χ2n) is 6.86.